The second kappa shape index (κ2) is 7.58. The summed E-state index contributed by atoms with van der Waals surface area (Å²) in [5.74, 6) is 0.960. The molecular formula is C19H22N2O5S. The van der Waals surface area contributed by atoms with Crippen LogP contribution in [0.25, 0.3) is 0 Å². The Labute approximate surface area is 158 Å². The van der Waals surface area contributed by atoms with Gasteiger partial charge in [0.05, 0.1) is 11.4 Å². The fourth-order valence-electron chi connectivity index (χ4n) is 2.68. The molecule has 7 nitrogen and oxygen atoms in total. The van der Waals surface area contributed by atoms with Crippen LogP contribution in [-0.2, 0) is 10.0 Å². The summed E-state index contributed by atoms with van der Waals surface area (Å²) in [7, 11) is -0.707. The molecule has 2 aromatic carbocycles. The molecule has 3 rings (SSSR count). The van der Waals surface area contributed by atoms with Crippen LogP contribution in [0.1, 0.15) is 15.9 Å². The number of carbonyl (C=O) groups is 1. The van der Waals surface area contributed by atoms with Crippen LogP contribution in [0, 0.1) is 6.92 Å². The number of aryl methyl sites for hydroxylation is 1. The molecule has 1 N–H and O–H groups in total. The fraction of sp³-hybridized carbons (Fsp3) is 0.316. The average molecular weight is 390 g/mol. The zero-order valence-corrected chi connectivity index (χ0v) is 16.2. The van der Waals surface area contributed by atoms with Gasteiger partial charge in [-0.05, 0) is 36.8 Å². The maximum absolute atomic E-state index is 12.6. The molecule has 0 radical (unpaired) electrons. The van der Waals surface area contributed by atoms with Crippen molar-refractivity contribution in [2.75, 3.05) is 27.2 Å². The van der Waals surface area contributed by atoms with Crippen LogP contribution in [-0.4, -0.2) is 52.0 Å². The van der Waals surface area contributed by atoms with Crippen molar-refractivity contribution in [3.05, 3.63) is 53.6 Å². The Bertz CT molecular complexity index is 956. The molecule has 0 unspecified atom stereocenters. The van der Waals surface area contributed by atoms with Crippen molar-refractivity contribution in [2.45, 2.75) is 17.9 Å². The number of fused-ring (bicyclic) bond motifs is 1. The van der Waals surface area contributed by atoms with E-state index >= 15 is 0 Å². The Balaban J connectivity index is 1.70. The van der Waals surface area contributed by atoms with Gasteiger partial charge in [-0.1, -0.05) is 18.2 Å². The second-order valence-corrected chi connectivity index (χ2v) is 8.62. The van der Waals surface area contributed by atoms with Gasteiger partial charge in [0, 0.05) is 19.7 Å². The highest BCUT2D eigenvalue weighted by atomic mass is 32.2. The van der Waals surface area contributed by atoms with Gasteiger partial charge < -0.3 is 14.8 Å². The number of ether oxygens (including phenoxy) is 2. The number of sulfonamides is 1. The molecule has 8 heteroatoms. The van der Waals surface area contributed by atoms with E-state index < -0.39 is 10.0 Å². The third kappa shape index (κ3) is 4.06. The number of nitrogens with one attached hydrogen (secondary N) is 1. The number of hydrogen-bond acceptors (Lipinski definition) is 5. The predicted octanol–water partition coefficient (Wildman–Crippen LogP) is 1.82. The fourth-order valence-corrected chi connectivity index (χ4v) is 3.61. The lowest BCUT2D eigenvalue weighted by molar-refractivity contribution is 0.0789. The molecule has 144 valence electrons. The van der Waals surface area contributed by atoms with Gasteiger partial charge in [-0.3, -0.25) is 4.79 Å². The standard InChI is InChI=1S/C19H22N2O5S/c1-13-8-9-15(27(23,24)21(2)3)10-16(13)19(22)20-11-14-12-25-17-6-4-5-7-18(17)26-14/h4-10,14H,11-12H2,1-3H3,(H,20,22)/t14-/m1/s1. The van der Waals surface area contributed by atoms with E-state index in [0.29, 0.717) is 29.2 Å². The minimum atomic E-state index is -3.61. The van der Waals surface area contributed by atoms with E-state index in [1.54, 1.807) is 13.0 Å². The smallest absolute Gasteiger partial charge is 0.251 e. The molecule has 0 fully saturated rings. The average Bonchev–Trinajstić information content (AvgIpc) is 2.66. The van der Waals surface area contributed by atoms with Gasteiger partial charge in [0.25, 0.3) is 5.91 Å². The van der Waals surface area contributed by atoms with Crippen molar-refractivity contribution >= 4 is 15.9 Å². The Morgan fingerprint density at radius 2 is 1.89 bits per heavy atom. The first-order valence-electron chi connectivity index (χ1n) is 8.49. The molecule has 1 aliphatic rings. The lowest BCUT2D eigenvalue weighted by Crippen LogP contribution is -2.41. The van der Waals surface area contributed by atoms with Crippen LogP contribution < -0.4 is 14.8 Å². The van der Waals surface area contributed by atoms with Gasteiger partial charge in [-0.2, -0.15) is 0 Å². The van der Waals surface area contributed by atoms with Crippen molar-refractivity contribution in [1.82, 2.24) is 9.62 Å². The molecule has 1 heterocycles. The molecule has 0 bridgehead atoms. The van der Waals surface area contributed by atoms with Crippen LogP contribution in [0.15, 0.2) is 47.4 Å². The first kappa shape index (κ1) is 19.2. The van der Waals surface area contributed by atoms with Gasteiger partial charge in [-0.25, -0.2) is 12.7 Å². The topological polar surface area (TPSA) is 84.9 Å². The van der Waals surface area contributed by atoms with Gasteiger partial charge in [-0.15, -0.1) is 0 Å². The molecule has 1 amide bonds. The molecule has 0 saturated carbocycles. The minimum Gasteiger partial charge on any atom is -0.486 e. The molecule has 0 aliphatic carbocycles. The summed E-state index contributed by atoms with van der Waals surface area (Å²) in [5, 5.41) is 2.80. The van der Waals surface area contributed by atoms with Crippen LogP contribution in [0.2, 0.25) is 0 Å². The first-order chi connectivity index (χ1) is 12.8. The molecule has 0 saturated heterocycles. The zero-order chi connectivity index (χ0) is 19.6. The monoisotopic (exact) mass is 390 g/mol. The van der Waals surface area contributed by atoms with E-state index in [1.807, 2.05) is 24.3 Å². The summed E-state index contributed by atoms with van der Waals surface area (Å²) in [6, 6.07) is 11.9. The molecule has 27 heavy (non-hydrogen) atoms. The lowest BCUT2D eigenvalue weighted by Gasteiger charge is -2.26. The van der Waals surface area contributed by atoms with Crippen molar-refractivity contribution in [2.24, 2.45) is 0 Å². The van der Waals surface area contributed by atoms with Gasteiger partial charge in [0.15, 0.2) is 11.5 Å². The van der Waals surface area contributed by atoms with Gasteiger partial charge >= 0.3 is 0 Å². The zero-order valence-electron chi connectivity index (χ0n) is 15.4. The van der Waals surface area contributed by atoms with Crippen molar-refractivity contribution in [3.8, 4) is 11.5 Å². The highest BCUT2D eigenvalue weighted by molar-refractivity contribution is 7.89. The number of benzene rings is 2. The molecule has 0 aromatic heterocycles. The maximum Gasteiger partial charge on any atom is 0.251 e. The largest absolute Gasteiger partial charge is 0.486 e. The molecule has 1 atom stereocenters. The van der Waals surface area contributed by atoms with E-state index in [9.17, 15) is 13.2 Å². The molecular weight excluding hydrogens is 368 g/mol. The maximum atomic E-state index is 12.6. The van der Waals surface area contributed by atoms with Crippen molar-refractivity contribution in [3.63, 3.8) is 0 Å². The number of carbonyl (C=O) groups excluding carboxylic acids is 1. The highest BCUT2D eigenvalue weighted by Gasteiger charge is 2.23. The van der Waals surface area contributed by atoms with Crippen LogP contribution >= 0.6 is 0 Å². The summed E-state index contributed by atoms with van der Waals surface area (Å²) in [6.07, 6.45) is -0.321. The normalized spacial score (nSPS) is 16.2. The molecule has 2 aromatic rings. The van der Waals surface area contributed by atoms with E-state index in [4.69, 9.17) is 9.47 Å². The van der Waals surface area contributed by atoms with Crippen LogP contribution in [0.3, 0.4) is 0 Å². The quantitative estimate of drug-likeness (QED) is 0.842. The third-order valence-corrected chi connectivity index (χ3v) is 6.10. The highest BCUT2D eigenvalue weighted by Crippen LogP contribution is 2.30. The lowest BCUT2D eigenvalue weighted by atomic mass is 10.1. The van der Waals surface area contributed by atoms with E-state index in [2.05, 4.69) is 5.32 Å². The predicted molar refractivity (Wildman–Crippen MR) is 101 cm³/mol. The minimum absolute atomic E-state index is 0.0782. The summed E-state index contributed by atoms with van der Waals surface area (Å²) < 4.78 is 37.2. The summed E-state index contributed by atoms with van der Waals surface area (Å²) in [5.41, 5.74) is 1.01. The number of nitrogens with zero attached hydrogens (tertiary/aromatic N) is 1. The van der Waals surface area contributed by atoms with Crippen molar-refractivity contribution < 1.29 is 22.7 Å². The molecule has 1 aliphatic heterocycles. The van der Waals surface area contributed by atoms with Crippen molar-refractivity contribution in [1.29, 1.82) is 0 Å². The summed E-state index contributed by atoms with van der Waals surface area (Å²) in [4.78, 5) is 12.7. The van der Waals surface area contributed by atoms with E-state index in [1.165, 1.54) is 26.2 Å². The van der Waals surface area contributed by atoms with E-state index in [0.717, 1.165) is 4.31 Å². The Hall–Kier alpha value is -2.58. The Morgan fingerprint density at radius 1 is 1.19 bits per heavy atom. The summed E-state index contributed by atoms with van der Waals surface area (Å²) in [6.45, 7) is 2.33. The first-order valence-corrected chi connectivity index (χ1v) is 9.93. The number of para-hydroxylation sites is 2. The Morgan fingerprint density at radius 3 is 2.59 bits per heavy atom. The number of hydrogen-bond donors (Lipinski definition) is 1. The SMILES string of the molecule is Cc1ccc(S(=O)(=O)N(C)C)cc1C(=O)NC[C@@H]1COc2ccccc2O1. The van der Waals surface area contributed by atoms with Gasteiger partial charge in [0.1, 0.15) is 12.7 Å². The third-order valence-electron chi connectivity index (χ3n) is 4.29. The van der Waals surface area contributed by atoms with E-state index in [-0.39, 0.29) is 23.5 Å². The van der Waals surface area contributed by atoms with Crippen LogP contribution in [0.5, 0.6) is 11.5 Å². The number of rotatable bonds is 5. The van der Waals surface area contributed by atoms with Crippen LogP contribution in [0.4, 0.5) is 0 Å². The summed E-state index contributed by atoms with van der Waals surface area (Å²) >= 11 is 0. The number of amides is 1. The van der Waals surface area contributed by atoms with Gasteiger partial charge in [0.2, 0.25) is 10.0 Å². The Kier molecular flexibility index (Phi) is 5.38. The second-order valence-electron chi connectivity index (χ2n) is 6.47. The molecule has 0 spiro atoms.